The first-order valence-electron chi connectivity index (χ1n) is 11.4. The Bertz CT molecular complexity index is 1380. The number of phenols is 1. The van der Waals surface area contributed by atoms with E-state index in [9.17, 15) is 5.11 Å². The minimum absolute atomic E-state index is 0.184. The summed E-state index contributed by atoms with van der Waals surface area (Å²) >= 11 is 5.72. The van der Waals surface area contributed by atoms with Gasteiger partial charge in [-0.1, -0.05) is 72.8 Å². The van der Waals surface area contributed by atoms with Crippen LogP contribution in [0.25, 0.3) is 11.5 Å². The van der Waals surface area contributed by atoms with E-state index < -0.39 is 6.23 Å². The maximum absolute atomic E-state index is 9.86. The van der Waals surface area contributed by atoms with E-state index in [-0.39, 0.29) is 5.75 Å². The summed E-state index contributed by atoms with van der Waals surface area (Å²) in [5, 5.41) is 15.4. The van der Waals surface area contributed by atoms with Crippen LogP contribution in [0.4, 0.5) is 5.69 Å². The number of hydrazine groups is 1. The van der Waals surface area contributed by atoms with Crippen LogP contribution in [0.5, 0.6) is 11.5 Å². The van der Waals surface area contributed by atoms with E-state index in [0.29, 0.717) is 16.6 Å². The topological polar surface area (TPSA) is 66.0 Å². The molecule has 0 fully saturated rings. The van der Waals surface area contributed by atoms with Crippen molar-refractivity contribution in [3.8, 4) is 11.5 Å². The Hall–Kier alpha value is -4.49. The molecule has 0 radical (unpaired) electrons. The second-order valence-corrected chi connectivity index (χ2v) is 8.52. The molecule has 0 bridgehead atoms. The van der Waals surface area contributed by atoms with Gasteiger partial charge in [0.2, 0.25) is 6.23 Å². The molecule has 0 amide bonds. The summed E-state index contributed by atoms with van der Waals surface area (Å²) in [4.78, 5) is 0. The smallest absolute Gasteiger partial charge is 0.216 e. The van der Waals surface area contributed by atoms with Crippen molar-refractivity contribution in [1.82, 2.24) is 10.4 Å². The number of thiocarbonyl (C=S) groups is 1. The number of nitrogens with zero attached hydrogens (tertiary/aromatic N) is 1. The lowest BCUT2D eigenvalue weighted by Crippen LogP contribution is -2.43. The van der Waals surface area contributed by atoms with Crippen molar-refractivity contribution in [3.63, 3.8) is 0 Å². The third-order valence-corrected chi connectivity index (χ3v) is 5.95. The number of methoxy groups -OCH3 is 1. The Balaban J connectivity index is 1.57. The summed E-state index contributed by atoms with van der Waals surface area (Å²) in [6.45, 7) is 0. The van der Waals surface area contributed by atoms with E-state index in [4.69, 9.17) is 21.7 Å². The van der Waals surface area contributed by atoms with Crippen molar-refractivity contribution >= 4 is 34.5 Å². The van der Waals surface area contributed by atoms with E-state index in [1.807, 2.05) is 102 Å². The zero-order chi connectivity index (χ0) is 24.9. The van der Waals surface area contributed by atoms with Crippen molar-refractivity contribution in [2.45, 2.75) is 6.23 Å². The number of benzene rings is 4. The lowest BCUT2D eigenvalue weighted by Gasteiger charge is -2.29. The van der Waals surface area contributed by atoms with Crippen molar-refractivity contribution in [2.75, 3.05) is 12.4 Å². The first kappa shape index (κ1) is 23.3. The molecule has 3 N–H and O–H groups in total. The molecule has 1 atom stereocenters. The summed E-state index contributed by atoms with van der Waals surface area (Å²) < 4.78 is 12.1. The van der Waals surface area contributed by atoms with Crippen molar-refractivity contribution in [1.29, 1.82) is 0 Å². The fourth-order valence-corrected chi connectivity index (χ4v) is 4.29. The van der Waals surface area contributed by atoms with Gasteiger partial charge in [-0.15, -0.1) is 0 Å². The Labute approximate surface area is 215 Å². The highest BCUT2D eigenvalue weighted by molar-refractivity contribution is 7.80. The van der Waals surface area contributed by atoms with Gasteiger partial charge >= 0.3 is 0 Å². The third-order valence-electron chi connectivity index (χ3n) is 5.76. The maximum Gasteiger partial charge on any atom is 0.216 e. The Morgan fingerprint density at radius 2 is 1.44 bits per heavy atom. The molecule has 0 saturated heterocycles. The summed E-state index contributed by atoms with van der Waals surface area (Å²) in [7, 11) is 1.62. The van der Waals surface area contributed by atoms with E-state index in [1.165, 1.54) is 0 Å². The van der Waals surface area contributed by atoms with Gasteiger partial charge in [0.05, 0.1) is 12.8 Å². The van der Waals surface area contributed by atoms with Crippen LogP contribution >= 0.6 is 12.2 Å². The molecule has 36 heavy (non-hydrogen) atoms. The minimum atomic E-state index is -0.548. The fourth-order valence-electron chi connectivity index (χ4n) is 4.09. The SMILES string of the molecule is COc1ccccc1NC(=S)NN1C(c2ccccc2)=C(c2ccccc2)OC1c1ccc(O)cc1. The molecule has 4 aromatic carbocycles. The van der Waals surface area contributed by atoms with Crippen LogP contribution in [0.2, 0.25) is 0 Å². The zero-order valence-electron chi connectivity index (χ0n) is 19.6. The van der Waals surface area contributed by atoms with Gasteiger partial charge in [-0.2, -0.15) is 0 Å². The van der Waals surface area contributed by atoms with Gasteiger partial charge in [0.15, 0.2) is 10.9 Å². The predicted molar refractivity (Wildman–Crippen MR) is 146 cm³/mol. The Kier molecular flexibility index (Phi) is 6.73. The third kappa shape index (κ3) is 4.82. The van der Waals surface area contributed by atoms with E-state index in [2.05, 4.69) is 10.7 Å². The molecular formula is C29H25N3O3S. The highest BCUT2D eigenvalue weighted by Crippen LogP contribution is 2.44. The molecule has 0 aromatic heterocycles. The van der Waals surface area contributed by atoms with Crippen LogP contribution in [-0.2, 0) is 4.74 Å². The zero-order valence-corrected chi connectivity index (χ0v) is 20.4. The molecule has 0 spiro atoms. The molecule has 1 aliphatic rings. The van der Waals surface area contributed by atoms with E-state index in [0.717, 1.165) is 28.1 Å². The minimum Gasteiger partial charge on any atom is -0.508 e. The van der Waals surface area contributed by atoms with Crippen LogP contribution in [0.3, 0.4) is 0 Å². The van der Waals surface area contributed by atoms with Gasteiger partial charge in [-0.05, 0) is 48.6 Å². The van der Waals surface area contributed by atoms with Crippen molar-refractivity contribution in [3.05, 3.63) is 126 Å². The fraction of sp³-hybridized carbons (Fsp3) is 0.0690. The molecule has 1 aliphatic heterocycles. The first-order valence-corrected chi connectivity index (χ1v) is 11.9. The lowest BCUT2D eigenvalue weighted by atomic mass is 10.1. The quantitative estimate of drug-likeness (QED) is 0.277. The summed E-state index contributed by atoms with van der Waals surface area (Å²) in [6.07, 6.45) is -0.548. The number of ether oxygens (including phenoxy) is 2. The van der Waals surface area contributed by atoms with Crippen LogP contribution in [-0.4, -0.2) is 22.3 Å². The summed E-state index contributed by atoms with van der Waals surface area (Å²) in [5.41, 5.74) is 7.67. The van der Waals surface area contributed by atoms with Crippen LogP contribution in [0, 0.1) is 0 Å². The van der Waals surface area contributed by atoms with Gasteiger partial charge in [0, 0.05) is 16.7 Å². The molecule has 1 unspecified atom stereocenters. The lowest BCUT2D eigenvalue weighted by molar-refractivity contribution is 0.0564. The average Bonchev–Trinajstić information content (AvgIpc) is 3.29. The number of hydrogen-bond acceptors (Lipinski definition) is 5. The van der Waals surface area contributed by atoms with Gasteiger partial charge in [0.25, 0.3) is 0 Å². The molecule has 4 aromatic rings. The second-order valence-electron chi connectivity index (χ2n) is 8.11. The molecule has 0 saturated carbocycles. The average molecular weight is 496 g/mol. The molecular weight excluding hydrogens is 470 g/mol. The maximum atomic E-state index is 9.86. The standard InChI is InChI=1S/C29H25N3O3S/c1-34-25-15-9-8-14-24(25)30-29(36)31-32-26(20-10-4-2-5-11-20)27(21-12-6-3-7-13-21)35-28(32)22-16-18-23(33)19-17-22/h2-19,28,33H,1H3,(H2,30,31,36). The first-order chi connectivity index (χ1) is 17.6. The largest absolute Gasteiger partial charge is 0.508 e. The van der Waals surface area contributed by atoms with Crippen molar-refractivity contribution in [2.24, 2.45) is 0 Å². The van der Waals surface area contributed by atoms with E-state index in [1.54, 1.807) is 19.2 Å². The normalized spacial score (nSPS) is 14.8. The number of aromatic hydroxyl groups is 1. The van der Waals surface area contributed by atoms with Gasteiger partial charge < -0.3 is 19.9 Å². The number of nitrogens with one attached hydrogen (secondary N) is 2. The number of rotatable bonds is 6. The predicted octanol–water partition coefficient (Wildman–Crippen LogP) is 6.16. The van der Waals surface area contributed by atoms with Crippen molar-refractivity contribution < 1.29 is 14.6 Å². The number of anilines is 1. The number of phenolic OH excluding ortho intramolecular Hbond substituents is 1. The summed E-state index contributed by atoms with van der Waals surface area (Å²) in [5.74, 6) is 1.58. The summed E-state index contributed by atoms with van der Waals surface area (Å²) in [6, 6.07) is 34.5. The van der Waals surface area contributed by atoms with Crippen LogP contribution in [0.15, 0.2) is 109 Å². The number of para-hydroxylation sites is 2. The van der Waals surface area contributed by atoms with Gasteiger partial charge in [-0.3, -0.25) is 5.43 Å². The van der Waals surface area contributed by atoms with Crippen LogP contribution < -0.4 is 15.5 Å². The molecule has 1 heterocycles. The molecule has 180 valence electrons. The number of hydrogen-bond donors (Lipinski definition) is 3. The molecule has 0 aliphatic carbocycles. The Morgan fingerprint density at radius 1 is 0.833 bits per heavy atom. The van der Waals surface area contributed by atoms with Gasteiger partial charge in [-0.25, -0.2) is 5.01 Å². The Morgan fingerprint density at radius 3 is 2.11 bits per heavy atom. The molecule has 7 heteroatoms. The monoisotopic (exact) mass is 495 g/mol. The molecule has 5 rings (SSSR count). The van der Waals surface area contributed by atoms with Crippen LogP contribution in [0.1, 0.15) is 22.9 Å². The van der Waals surface area contributed by atoms with E-state index >= 15 is 0 Å². The highest BCUT2D eigenvalue weighted by Gasteiger charge is 2.37. The second kappa shape index (κ2) is 10.4. The highest BCUT2D eigenvalue weighted by atomic mass is 32.1. The molecule has 6 nitrogen and oxygen atoms in total. The van der Waals surface area contributed by atoms with Gasteiger partial charge in [0.1, 0.15) is 17.2 Å².